The molecule has 1 aliphatic carbocycles. The van der Waals surface area contributed by atoms with Gasteiger partial charge in [-0.3, -0.25) is 0 Å². The van der Waals surface area contributed by atoms with Crippen molar-refractivity contribution in [2.45, 2.75) is 28.2 Å². The van der Waals surface area contributed by atoms with Crippen LogP contribution in [-0.4, -0.2) is 36.1 Å². The van der Waals surface area contributed by atoms with Crippen LogP contribution in [0.15, 0.2) is 45.8 Å². The van der Waals surface area contributed by atoms with E-state index in [9.17, 15) is 4.39 Å². The third kappa shape index (κ3) is 3.01. The Balaban J connectivity index is 1.46. The van der Waals surface area contributed by atoms with Crippen LogP contribution in [0.3, 0.4) is 0 Å². The molecule has 7 nitrogen and oxygen atoms in total. The number of nitrogens with one attached hydrogen (secondary N) is 1. The van der Waals surface area contributed by atoms with Gasteiger partial charge in [0, 0.05) is 6.04 Å². The smallest absolute Gasteiger partial charge is 0.206 e. The average Bonchev–Trinajstić information content (AvgIpc) is 3.19. The molecule has 1 N–H and O–H groups in total. The summed E-state index contributed by atoms with van der Waals surface area (Å²) in [6.45, 7) is 0. The lowest BCUT2D eigenvalue weighted by Crippen LogP contribution is -1.99. The number of fused-ring (bicyclic) bond motifs is 1. The SMILES string of the molecule is Fc1ccccc1-c1nnc2ccc(Sc3nnc(NC4CC4)s3)nn12. The van der Waals surface area contributed by atoms with Crippen molar-refractivity contribution in [2.24, 2.45) is 0 Å². The fourth-order valence-corrected chi connectivity index (χ4v) is 4.17. The largest absolute Gasteiger partial charge is 0.357 e. The molecule has 3 aromatic heterocycles. The molecule has 3 heterocycles. The van der Waals surface area contributed by atoms with Gasteiger partial charge in [-0.05, 0) is 48.9 Å². The highest BCUT2D eigenvalue weighted by Gasteiger charge is 2.22. The maximum absolute atomic E-state index is 14.1. The molecule has 1 aromatic carbocycles. The Morgan fingerprint density at radius 2 is 1.96 bits per heavy atom. The van der Waals surface area contributed by atoms with E-state index in [1.54, 1.807) is 28.8 Å². The van der Waals surface area contributed by atoms with E-state index in [4.69, 9.17) is 0 Å². The highest BCUT2D eigenvalue weighted by molar-refractivity contribution is 8.01. The zero-order valence-electron chi connectivity index (χ0n) is 13.3. The van der Waals surface area contributed by atoms with Crippen molar-refractivity contribution in [3.05, 3.63) is 42.2 Å². The first-order chi connectivity index (χ1) is 12.8. The summed E-state index contributed by atoms with van der Waals surface area (Å²) in [7, 11) is 0. The number of hydrogen-bond acceptors (Lipinski definition) is 8. The molecule has 4 aromatic rings. The van der Waals surface area contributed by atoms with Gasteiger partial charge in [-0.1, -0.05) is 23.5 Å². The van der Waals surface area contributed by atoms with Crippen LogP contribution >= 0.6 is 23.1 Å². The number of halogens is 1. The first kappa shape index (κ1) is 15.6. The Bertz CT molecular complexity index is 1090. The topological polar surface area (TPSA) is 80.9 Å². The molecule has 10 heteroatoms. The molecule has 0 unspecified atom stereocenters. The summed E-state index contributed by atoms with van der Waals surface area (Å²) < 4.78 is 16.4. The second-order valence-corrected chi connectivity index (χ2v) is 8.08. The lowest BCUT2D eigenvalue weighted by Gasteiger charge is -2.02. The van der Waals surface area contributed by atoms with Crippen molar-refractivity contribution in [1.82, 2.24) is 30.0 Å². The van der Waals surface area contributed by atoms with Gasteiger partial charge in [0.25, 0.3) is 0 Å². The standard InChI is InChI=1S/C16H12FN7S2/c17-11-4-2-1-3-10(11)14-20-19-12-7-8-13(23-24(12)14)25-16-22-21-15(26-16)18-9-5-6-9/h1-4,7-9H,5-6H2,(H,18,21). The maximum atomic E-state index is 14.1. The third-order valence-electron chi connectivity index (χ3n) is 3.86. The minimum Gasteiger partial charge on any atom is -0.357 e. The van der Waals surface area contributed by atoms with E-state index in [1.165, 1.54) is 42.0 Å². The summed E-state index contributed by atoms with van der Waals surface area (Å²) in [6, 6.07) is 10.6. The molecule has 1 aliphatic rings. The minimum absolute atomic E-state index is 0.360. The summed E-state index contributed by atoms with van der Waals surface area (Å²) in [6.07, 6.45) is 2.37. The Morgan fingerprint density at radius 3 is 2.81 bits per heavy atom. The number of nitrogens with zero attached hydrogens (tertiary/aromatic N) is 6. The molecule has 0 saturated heterocycles. The summed E-state index contributed by atoms with van der Waals surface area (Å²) in [4.78, 5) is 0. The number of aromatic nitrogens is 6. The van der Waals surface area contributed by atoms with Crippen LogP contribution in [0.25, 0.3) is 17.0 Å². The lowest BCUT2D eigenvalue weighted by molar-refractivity contribution is 0.629. The van der Waals surface area contributed by atoms with Crippen LogP contribution in [-0.2, 0) is 0 Å². The van der Waals surface area contributed by atoms with Crippen molar-refractivity contribution in [2.75, 3.05) is 5.32 Å². The molecule has 1 saturated carbocycles. The second kappa shape index (κ2) is 6.29. The van der Waals surface area contributed by atoms with Gasteiger partial charge in [0.15, 0.2) is 15.8 Å². The molecular formula is C16H12FN7S2. The molecular weight excluding hydrogens is 373 g/mol. The number of benzene rings is 1. The average molecular weight is 385 g/mol. The monoisotopic (exact) mass is 385 g/mol. The Hall–Kier alpha value is -2.59. The van der Waals surface area contributed by atoms with Crippen LogP contribution in [0.1, 0.15) is 12.8 Å². The minimum atomic E-state index is -0.360. The Labute approximate surface area is 155 Å². The normalized spacial score (nSPS) is 14.0. The van der Waals surface area contributed by atoms with Crippen molar-refractivity contribution < 1.29 is 4.39 Å². The molecule has 5 rings (SSSR count). The van der Waals surface area contributed by atoms with Gasteiger partial charge in [0.1, 0.15) is 10.8 Å². The molecule has 26 heavy (non-hydrogen) atoms. The zero-order chi connectivity index (χ0) is 17.5. The van der Waals surface area contributed by atoms with Crippen LogP contribution in [0.5, 0.6) is 0 Å². The van der Waals surface area contributed by atoms with Crippen LogP contribution in [0.2, 0.25) is 0 Å². The molecule has 0 amide bonds. The summed E-state index contributed by atoms with van der Waals surface area (Å²) in [5.74, 6) is 0.00970. The fourth-order valence-electron chi connectivity index (χ4n) is 2.44. The van der Waals surface area contributed by atoms with Crippen molar-refractivity contribution >= 4 is 33.9 Å². The zero-order valence-corrected chi connectivity index (χ0v) is 15.0. The van der Waals surface area contributed by atoms with Gasteiger partial charge in [0.05, 0.1) is 5.56 Å². The first-order valence-corrected chi connectivity index (χ1v) is 9.65. The lowest BCUT2D eigenvalue weighted by atomic mass is 10.2. The molecule has 0 aliphatic heterocycles. The van der Waals surface area contributed by atoms with E-state index in [0.717, 1.165) is 9.47 Å². The van der Waals surface area contributed by atoms with Crippen LogP contribution in [0.4, 0.5) is 9.52 Å². The number of hydrogen-bond donors (Lipinski definition) is 1. The quantitative estimate of drug-likeness (QED) is 0.563. The molecule has 0 radical (unpaired) electrons. The van der Waals surface area contributed by atoms with E-state index in [0.29, 0.717) is 28.1 Å². The highest BCUT2D eigenvalue weighted by Crippen LogP contribution is 2.33. The predicted molar refractivity (Wildman–Crippen MR) is 96.9 cm³/mol. The molecule has 1 fully saturated rings. The van der Waals surface area contributed by atoms with E-state index in [-0.39, 0.29) is 5.82 Å². The number of rotatable bonds is 5. The summed E-state index contributed by atoms with van der Waals surface area (Å²) >= 11 is 2.90. The Kier molecular flexibility index (Phi) is 3.79. The third-order valence-corrected chi connectivity index (χ3v) is 5.69. The predicted octanol–water partition coefficient (Wildman–Crippen LogP) is 3.51. The van der Waals surface area contributed by atoms with Gasteiger partial charge in [0.2, 0.25) is 5.13 Å². The fraction of sp³-hybridized carbons (Fsp3) is 0.188. The Morgan fingerprint density at radius 1 is 1.08 bits per heavy atom. The molecule has 130 valence electrons. The van der Waals surface area contributed by atoms with Crippen LogP contribution in [0, 0.1) is 5.82 Å². The van der Waals surface area contributed by atoms with Crippen molar-refractivity contribution in [3.8, 4) is 11.4 Å². The van der Waals surface area contributed by atoms with Gasteiger partial charge < -0.3 is 5.32 Å². The van der Waals surface area contributed by atoms with Crippen LogP contribution < -0.4 is 5.32 Å². The van der Waals surface area contributed by atoms with E-state index in [1.807, 2.05) is 6.07 Å². The maximum Gasteiger partial charge on any atom is 0.206 e. The second-order valence-electron chi connectivity index (χ2n) is 5.84. The summed E-state index contributed by atoms with van der Waals surface area (Å²) in [5, 5.41) is 25.9. The van der Waals surface area contributed by atoms with E-state index in [2.05, 4.69) is 30.8 Å². The molecule has 0 atom stereocenters. The van der Waals surface area contributed by atoms with E-state index >= 15 is 0 Å². The van der Waals surface area contributed by atoms with Crippen molar-refractivity contribution in [1.29, 1.82) is 0 Å². The highest BCUT2D eigenvalue weighted by atomic mass is 32.2. The molecule has 0 bridgehead atoms. The van der Waals surface area contributed by atoms with Gasteiger partial charge in [-0.25, -0.2) is 4.39 Å². The number of anilines is 1. The van der Waals surface area contributed by atoms with E-state index < -0.39 is 0 Å². The van der Waals surface area contributed by atoms with Crippen molar-refractivity contribution in [3.63, 3.8) is 0 Å². The first-order valence-electron chi connectivity index (χ1n) is 8.01. The summed E-state index contributed by atoms with van der Waals surface area (Å²) in [5.41, 5.74) is 0.919. The van der Waals surface area contributed by atoms with Gasteiger partial charge in [-0.2, -0.15) is 9.61 Å². The van der Waals surface area contributed by atoms with Gasteiger partial charge in [-0.15, -0.1) is 20.4 Å². The van der Waals surface area contributed by atoms with Gasteiger partial charge >= 0.3 is 0 Å². The molecule has 0 spiro atoms.